The number of benzene rings is 2. The largest absolute Gasteiger partial charge is 0.366 e. The molecule has 20 heavy (non-hydrogen) atoms. The number of alkyl halides is 1. The van der Waals surface area contributed by atoms with Gasteiger partial charge in [-0.2, -0.15) is 0 Å². The molecule has 106 valence electrons. The summed E-state index contributed by atoms with van der Waals surface area (Å²) >= 11 is 6.21. The average Bonchev–Trinajstić information content (AvgIpc) is 2.40. The fraction of sp³-hybridized carbons (Fsp3) is 0.143. The highest BCUT2D eigenvalue weighted by atomic mass is 35.5. The van der Waals surface area contributed by atoms with E-state index in [-0.39, 0.29) is 0 Å². The maximum atomic E-state index is 11.8. The van der Waals surface area contributed by atoms with Crippen LogP contribution in [0.15, 0.2) is 60.7 Å². The van der Waals surface area contributed by atoms with Crippen LogP contribution in [0.5, 0.6) is 0 Å². The van der Waals surface area contributed by atoms with E-state index in [9.17, 15) is 14.4 Å². The molecule has 2 rings (SSSR count). The Morgan fingerprint density at radius 1 is 0.950 bits per heavy atom. The fourth-order valence-corrected chi connectivity index (χ4v) is 2.59. The quantitative estimate of drug-likeness (QED) is 0.510. The Morgan fingerprint density at radius 3 is 1.60 bits per heavy atom. The van der Waals surface area contributed by atoms with Crippen molar-refractivity contribution >= 4 is 30.6 Å². The first-order valence-corrected chi connectivity index (χ1v) is 7.98. The summed E-state index contributed by atoms with van der Waals surface area (Å²) in [7, 11) is -4.56. The molecular weight excluding hydrogens is 297 g/mol. The van der Waals surface area contributed by atoms with Crippen molar-refractivity contribution in [2.45, 2.75) is 11.7 Å². The zero-order chi connectivity index (χ0) is 14.8. The van der Waals surface area contributed by atoms with Crippen LogP contribution < -0.4 is 4.90 Å². The summed E-state index contributed by atoms with van der Waals surface area (Å²) in [4.78, 5) is 20.6. The van der Waals surface area contributed by atoms with Gasteiger partial charge in [0.25, 0.3) is 0 Å². The first kappa shape index (κ1) is 15.1. The third-order valence-electron chi connectivity index (χ3n) is 2.97. The van der Waals surface area contributed by atoms with Gasteiger partial charge < -0.3 is 14.7 Å². The standard InChI is InChI=1S/C14H15ClNO3P/c1-14(15,20(17,18)19)16(12-8-4-2-5-9-12)13-10-6-3-7-11-13/h2-11H,1H3,(H2,17,18,19). The number of rotatable bonds is 4. The van der Waals surface area contributed by atoms with Crippen molar-refractivity contribution in [3.8, 4) is 0 Å². The van der Waals surface area contributed by atoms with E-state index in [1.165, 1.54) is 11.8 Å². The van der Waals surface area contributed by atoms with Crippen LogP contribution in [0.1, 0.15) is 6.92 Å². The lowest BCUT2D eigenvalue weighted by atomic mass is 10.2. The van der Waals surface area contributed by atoms with Crippen molar-refractivity contribution in [1.82, 2.24) is 0 Å². The molecule has 0 spiro atoms. The molecule has 0 fully saturated rings. The number of anilines is 2. The summed E-state index contributed by atoms with van der Waals surface area (Å²) in [6, 6.07) is 17.8. The van der Waals surface area contributed by atoms with Crippen molar-refractivity contribution in [2.24, 2.45) is 0 Å². The van der Waals surface area contributed by atoms with Gasteiger partial charge in [0, 0.05) is 11.4 Å². The van der Waals surface area contributed by atoms with Gasteiger partial charge in [-0.3, -0.25) is 4.57 Å². The minimum absolute atomic E-state index is 0.611. The number of hydrogen-bond donors (Lipinski definition) is 2. The molecule has 2 aromatic carbocycles. The molecule has 0 saturated heterocycles. The molecule has 0 aromatic heterocycles. The maximum Gasteiger partial charge on any atom is 0.366 e. The smallest absolute Gasteiger partial charge is 0.322 e. The highest BCUT2D eigenvalue weighted by molar-refractivity contribution is 7.55. The lowest BCUT2D eigenvalue weighted by Crippen LogP contribution is -2.38. The van der Waals surface area contributed by atoms with Gasteiger partial charge in [0.15, 0.2) is 0 Å². The lowest BCUT2D eigenvalue weighted by Gasteiger charge is -2.38. The highest BCUT2D eigenvalue weighted by Gasteiger charge is 2.47. The SMILES string of the molecule is CC(Cl)(N(c1ccccc1)c1ccccc1)P(=O)(O)O. The molecule has 0 amide bonds. The molecule has 0 saturated carbocycles. The van der Waals surface area contributed by atoms with Crippen molar-refractivity contribution < 1.29 is 14.4 Å². The normalized spacial score (nSPS) is 14.6. The van der Waals surface area contributed by atoms with E-state index in [1.807, 2.05) is 12.1 Å². The Kier molecular flexibility index (Phi) is 4.21. The van der Waals surface area contributed by atoms with Crippen molar-refractivity contribution in [3.63, 3.8) is 0 Å². The number of hydrogen-bond acceptors (Lipinski definition) is 2. The fourth-order valence-electron chi connectivity index (χ4n) is 1.90. The Bertz CT molecular complexity index is 573. The van der Waals surface area contributed by atoms with Crippen LogP contribution in [-0.4, -0.2) is 14.5 Å². The summed E-state index contributed by atoms with van der Waals surface area (Å²) in [5.74, 6) is 0. The van der Waals surface area contributed by atoms with Crippen LogP contribution in [0.4, 0.5) is 11.4 Å². The van der Waals surface area contributed by atoms with Crippen molar-refractivity contribution in [3.05, 3.63) is 60.7 Å². The second-order valence-corrected chi connectivity index (χ2v) is 7.41. The third kappa shape index (κ3) is 2.89. The van der Waals surface area contributed by atoms with Gasteiger partial charge in [-0.1, -0.05) is 48.0 Å². The van der Waals surface area contributed by atoms with Gasteiger partial charge in [-0.15, -0.1) is 0 Å². The highest BCUT2D eigenvalue weighted by Crippen LogP contribution is 2.58. The van der Waals surface area contributed by atoms with Gasteiger partial charge in [-0.25, -0.2) is 0 Å². The van der Waals surface area contributed by atoms with Gasteiger partial charge in [0.2, 0.25) is 4.74 Å². The maximum absolute atomic E-state index is 11.8. The van der Waals surface area contributed by atoms with Crippen molar-refractivity contribution in [1.29, 1.82) is 0 Å². The van der Waals surface area contributed by atoms with Crippen LogP contribution in [0, 0.1) is 0 Å². The predicted molar refractivity (Wildman–Crippen MR) is 81.3 cm³/mol. The second kappa shape index (κ2) is 5.58. The van der Waals surface area contributed by atoms with E-state index in [0.717, 1.165) is 0 Å². The molecule has 1 unspecified atom stereocenters. The summed E-state index contributed by atoms with van der Waals surface area (Å²) < 4.78 is 9.90. The molecule has 0 aliphatic heterocycles. The van der Waals surface area contributed by atoms with E-state index in [0.29, 0.717) is 11.4 Å². The summed E-state index contributed by atoms with van der Waals surface area (Å²) in [5, 5.41) is 0. The Hall–Kier alpha value is -1.32. The van der Waals surface area contributed by atoms with E-state index < -0.39 is 12.3 Å². The van der Waals surface area contributed by atoms with Gasteiger partial charge >= 0.3 is 7.60 Å². The van der Waals surface area contributed by atoms with E-state index in [1.54, 1.807) is 48.5 Å². The topological polar surface area (TPSA) is 60.8 Å². The average molecular weight is 312 g/mol. The molecule has 0 radical (unpaired) electrons. The molecule has 0 bridgehead atoms. The van der Waals surface area contributed by atoms with Gasteiger partial charge in [0.1, 0.15) is 0 Å². The summed E-state index contributed by atoms with van der Waals surface area (Å²) in [6.07, 6.45) is 0. The van der Waals surface area contributed by atoms with Gasteiger partial charge in [0.05, 0.1) is 0 Å². The second-order valence-electron chi connectivity index (χ2n) is 4.46. The van der Waals surface area contributed by atoms with Crippen LogP contribution in [0.2, 0.25) is 0 Å². The zero-order valence-corrected chi connectivity index (χ0v) is 12.5. The minimum Gasteiger partial charge on any atom is -0.322 e. The Labute approximate surface area is 122 Å². The summed E-state index contributed by atoms with van der Waals surface area (Å²) in [6.45, 7) is 1.31. The minimum atomic E-state index is -4.56. The lowest BCUT2D eigenvalue weighted by molar-refractivity contribution is 0.354. The Balaban J connectivity index is 2.60. The van der Waals surface area contributed by atoms with Crippen LogP contribution >= 0.6 is 19.2 Å². The molecule has 2 aromatic rings. The number of para-hydroxylation sites is 2. The molecule has 0 aliphatic carbocycles. The first-order valence-electron chi connectivity index (χ1n) is 5.99. The van der Waals surface area contributed by atoms with Crippen molar-refractivity contribution in [2.75, 3.05) is 4.90 Å². The monoisotopic (exact) mass is 311 g/mol. The van der Waals surface area contributed by atoms with Crippen LogP contribution in [0.25, 0.3) is 0 Å². The molecule has 6 heteroatoms. The Morgan fingerprint density at radius 2 is 1.30 bits per heavy atom. The molecule has 0 aliphatic rings. The summed E-state index contributed by atoms with van der Waals surface area (Å²) in [5.41, 5.74) is 1.22. The molecule has 2 N–H and O–H groups in total. The van der Waals surface area contributed by atoms with Crippen LogP contribution in [0.3, 0.4) is 0 Å². The van der Waals surface area contributed by atoms with E-state index >= 15 is 0 Å². The molecular formula is C14H15ClNO3P. The van der Waals surface area contributed by atoms with E-state index in [2.05, 4.69) is 0 Å². The first-order chi connectivity index (χ1) is 9.34. The number of nitrogens with zero attached hydrogens (tertiary/aromatic N) is 1. The van der Waals surface area contributed by atoms with Crippen LogP contribution in [-0.2, 0) is 4.57 Å². The zero-order valence-electron chi connectivity index (χ0n) is 10.8. The molecule has 1 atom stereocenters. The predicted octanol–water partition coefficient (Wildman–Crippen LogP) is 3.91. The number of halogens is 1. The van der Waals surface area contributed by atoms with E-state index in [4.69, 9.17) is 11.6 Å². The van der Waals surface area contributed by atoms with Gasteiger partial charge in [-0.05, 0) is 31.2 Å². The molecule has 0 heterocycles. The molecule has 4 nitrogen and oxygen atoms in total. The third-order valence-corrected chi connectivity index (χ3v) is 5.06.